The lowest BCUT2D eigenvalue weighted by Crippen LogP contribution is -2.38. The van der Waals surface area contributed by atoms with Gasteiger partial charge in [0.2, 0.25) is 10.0 Å². The highest BCUT2D eigenvalue weighted by Gasteiger charge is 2.37. The fourth-order valence-electron chi connectivity index (χ4n) is 2.24. The molecule has 0 spiro atoms. The Morgan fingerprint density at radius 1 is 1.50 bits per heavy atom. The van der Waals surface area contributed by atoms with Crippen LogP contribution in [0.15, 0.2) is 23.1 Å². The molecule has 1 saturated heterocycles. The number of aliphatic hydroxyl groups excluding tert-OH is 1. The number of non-ortho nitro benzene ring substituents is 1. The van der Waals surface area contributed by atoms with Crippen molar-refractivity contribution in [2.45, 2.75) is 23.8 Å². The van der Waals surface area contributed by atoms with E-state index in [0.717, 1.165) is 16.4 Å². The molecule has 0 bridgehead atoms. The third-order valence-corrected chi connectivity index (χ3v) is 5.21. The maximum Gasteiger partial charge on any atom is 0.270 e. The van der Waals surface area contributed by atoms with Crippen molar-refractivity contribution in [3.63, 3.8) is 0 Å². The molecule has 1 aromatic rings. The smallest absolute Gasteiger partial charge is 0.270 e. The Morgan fingerprint density at radius 3 is 2.80 bits per heavy atom. The van der Waals surface area contributed by atoms with Gasteiger partial charge in [0, 0.05) is 24.7 Å². The van der Waals surface area contributed by atoms with E-state index in [1.165, 1.54) is 0 Å². The molecule has 1 heterocycles. The molecule has 0 saturated carbocycles. The van der Waals surface area contributed by atoms with Gasteiger partial charge in [-0.3, -0.25) is 10.1 Å². The molecule has 0 unspecified atom stereocenters. The van der Waals surface area contributed by atoms with Crippen LogP contribution in [0.25, 0.3) is 0 Å². The molecule has 7 nitrogen and oxygen atoms in total. The summed E-state index contributed by atoms with van der Waals surface area (Å²) in [6.45, 7) is -0.203. The summed E-state index contributed by atoms with van der Waals surface area (Å²) >= 11 is 0. The van der Waals surface area contributed by atoms with E-state index in [0.29, 0.717) is 18.9 Å². The van der Waals surface area contributed by atoms with Crippen molar-refractivity contribution in [2.75, 3.05) is 13.2 Å². The number of rotatable bonds is 4. The van der Waals surface area contributed by atoms with E-state index in [4.69, 9.17) is 5.11 Å². The van der Waals surface area contributed by atoms with Crippen LogP contribution < -0.4 is 0 Å². The number of benzene rings is 1. The lowest BCUT2D eigenvalue weighted by Gasteiger charge is -2.22. The molecule has 1 aliphatic heterocycles. The minimum absolute atomic E-state index is 0.162. The van der Waals surface area contributed by atoms with Gasteiger partial charge in [0.15, 0.2) is 0 Å². The first-order valence-electron chi connectivity index (χ1n) is 5.94. The molecule has 1 aliphatic rings. The van der Waals surface area contributed by atoms with Gasteiger partial charge in [0.05, 0.1) is 11.5 Å². The zero-order valence-corrected chi connectivity index (χ0v) is 11.2. The highest BCUT2D eigenvalue weighted by molar-refractivity contribution is 7.89. The molecular weight excluding hydrogens is 291 g/mol. The number of nitro groups is 1. The van der Waals surface area contributed by atoms with Crippen molar-refractivity contribution in [2.24, 2.45) is 0 Å². The molecule has 0 radical (unpaired) electrons. The first-order chi connectivity index (χ1) is 9.37. The minimum Gasteiger partial charge on any atom is -0.395 e. The van der Waals surface area contributed by atoms with Gasteiger partial charge in [0.1, 0.15) is 10.7 Å². The van der Waals surface area contributed by atoms with Crippen LogP contribution in [0, 0.1) is 15.9 Å². The Hall–Kier alpha value is -1.58. The van der Waals surface area contributed by atoms with E-state index < -0.39 is 37.4 Å². The summed E-state index contributed by atoms with van der Waals surface area (Å²) in [6.07, 6.45) is 1.03. The Morgan fingerprint density at radius 2 is 2.20 bits per heavy atom. The van der Waals surface area contributed by atoms with Crippen molar-refractivity contribution in [3.05, 3.63) is 34.1 Å². The van der Waals surface area contributed by atoms with Gasteiger partial charge < -0.3 is 5.11 Å². The molecular formula is C11H13FN2O5S. The average molecular weight is 304 g/mol. The van der Waals surface area contributed by atoms with Crippen molar-refractivity contribution in [1.82, 2.24) is 4.31 Å². The third-order valence-electron chi connectivity index (χ3n) is 3.25. The normalized spacial score (nSPS) is 20.2. The fourth-order valence-corrected chi connectivity index (χ4v) is 4.01. The van der Waals surface area contributed by atoms with Gasteiger partial charge in [-0.25, -0.2) is 12.8 Å². The highest BCUT2D eigenvalue weighted by atomic mass is 32.2. The average Bonchev–Trinajstić information content (AvgIpc) is 2.87. The van der Waals surface area contributed by atoms with E-state index >= 15 is 0 Å². The standard InChI is InChI=1S/C11H13FN2O5S/c12-10-4-3-8(14(16)17)6-11(10)20(18,19)13-5-1-2-9(13)7-15/h3-4,6,9,15H,1-2,5,7H2/t9-/m0/s1. The van der Waals surface area contributed by atoms with Crippen molar-refractivity contribution in [3.8, 4) is 0 Å². The van der Waals surface area contributed by atoms with Gasteiger partial charge in [-0.05, 0) is 18.9 Å². The molecule has 1 fully saturated rings. The van der Waals surface area contributed by atoms with Crippen LogP contribution in [0.2, 0.25) is 0 Å². The second-order valence-electron chi connectivity index (χ2n) is 4.47. The van der Waals surface area contributed by atoms with Crippen molar-refractivity contribution in [1.29, 1.82) is 0 Å². The van der Waals surface area contributed by atoms with Crippen molar-refractivity contribution >= 4 is 15.7 Å². The zero-order chi connectivity index (χ0) is 14.9. The van der Waals surface area contributed by atoms with E-state index in [2.05, 4.69) is 0 Å². The maximum absolute atomic E-state index is 13.7. The van der Waals surface area contributed by atoms with Crippen molar-refractivity contribution < 1.29 is 22.8 Å². The van der Waals surface area contributed by atoms with E-state index in [-0.39, 0.29) is 13.2 Å². The van der Waals surface area contributed by atoms with Gasteiger partial charge >= 0.3 is 0 Å². The molecule has 0 aromatic heterocycles. The van der Waals surface area contributed by atoms with Crippen LogP contribution >= 0.6 is 0 Å². The minimum atomic E-state index is -4.19. The molecule has 2 rings (SSSR count). The first kappa shape index (κ1) is 14.8. The molecule has 0 amide bonds. The Bertz CT molecular complexity index is 634. The molecule has 1 atom stereocenters. The quantitative estimate of drug-likeness (QED) is 0.657. The van der Waals surface area contributed by atoms with Crippen LogP contribution in [0.1, 0.15) is 12.8 Å². The predicted molar refractivity (Wildman–Crippen MR) is 67.1 cm³/mol. The second-order valence-corrected chi connectivity index (χ2v) is 6.33. The number of hydrogen-bond donors (Lipinski definition) is 1. The number of nitrogens with zero attached hydrogens (tertiary/aromatic N) is 2. The summed E-state index contributed by atoms with van der Waals surface area (Å²) in [5.41, 5.74) is -0.496. The maximum atomic E-state index is 13.7. The molecule has 20 heavy (non-hydrogen) atoms. The number of nitro benzene ring substituents is 1. The number of halogens is 1. The lowest BCUT2D eigenvalue weighted by molar-refractivity contribution is -0.385. The predicted octanol–water partition coefficient (Wildman–Crippen LogP) is 0.879. The summed E-state index contributed by atoms with van der Waals surface area (Å²) < 4.78 is 39.4. The zero-order valence-electron chi connectivity index (χ0n) is 10.4. The summed E-state index contributed by atoms with van der Waals surface area (Å²) in [6, 6.07) is 1.76. The molecule has 0 aliphatic carbocycles. The molecule has 1 N–H and O–H groups in total. The summed E-state index contributed by atoms with van der Waals surface area (Å²) in [7, 11) is -4.19. The van der Waals surface area contributed by atoms with E-state index in [1.54, 1.807) is 0 Å². The summed E-state index contributed by atoms with van der Waals surface area (Å²) in [4.78, 5) is 9.15. The number of hydrogen-bond acceptors (Lipinski definition) is 5. The Balaban J connectivity index is 2.48. The van der Waals surface area contributed by atoms with Crippen LogP contribution in [-0.4, -0.2) is 41.9 Å². The summed E-state index contributed by atoms with van der Waals surface area (Å²) in [5, 5.41) is 19.8. The van der Waals surface area contributed by atoms with Gasteiger partial charge in [-0.15, -0.1) is 0 Å². The highest BCUT2D eigenvalue weighted by Crippen LogP contribution is 2.29. The second kappa shape index (κ2) is 5.43. The fraction of sp³-hybridized carbons (Fsp3) is 0.455. The van der Waals surface area contributed by atoms with Crippen LogP contribution in [0.3, 0.4) is 0 Å². The van der Waals surface area contributed by atoms with Gasteiger partial charge in [-0.1, -0.05) is 0 Å². The number of sulfonamides is 1. The van der Waals surface area contributed by atoms with E-state index in [9.17, 15) is 22.9 Å². The Kier molecular flexibility index (Phi) is 4.02. The molecule has 1 aromatic carbocycles. The van der Waals surface area contributed by atoms with Crippen LogP contribution in [-0.2, 0) is 10.0 Å². The SMILES string of the molecule is O=[N+]([O-])c1ccc(F)c(S(=O)(=O)N2CCC[C@H]2CO)c1. The lowest BCUT2D eigenvalue weighted by atomic mass is 10.2. The van der Waals surface area contributed by atoms with Crippen LogP contribution in [0.4, 0.5) is 10.1 Å². The van der Waals surface area contributed by atoms with Crippen LogP contribution in [0.5, 0.6) is 0 Å². The summed E-state index contributed by atoms with van der Waals surface area (Å²) in [5.74, 6) is -1.04. The van der Waals surface area contributed by atoms with Gasteiger partial charge in [0.25, 0.3) is 5.69 Å². The van der Waals surface area contributed by atoms with E-state index in [1.807, 2.05) is 0 Å². The largest absolute Gasteiger partial charge is 0.395 e. The topological polar surface area (TPSA) is 101 Å². The molecule has 110 valence electrons. The molecule has 9 heteroatoms. The monoisotopic (exact) mass is 304 g/mol. The first-order valence-corrected chi connectivity index (χ1v) is 7.38. The Labute approximate surface area is 114 Å². The third kappa shape index (κ3) is 2.51. The number of aliphatic hydroxyl groups is 1. The van der Waals surface area contributed by atoms with Gasteiger partial charge in [-0.2, -0.15) is 4.31 Å².